The summed E-state index contributed by atoms with van der Waals surface area (Å²) in [7, 11) is 0. The van der Waals surface area contributed by atoms with E-state index >= 15 is 0 Å². The van der Waals surface area contributed by atoms with Crippen LogP contribution in [0, 0.1) is 5.82 Å². The van der Waals surface area contributed by atoms with Gasteiger partial charge in [-0.05, 0) is 23.7 Å². The molecule has 0 unspecified atom stereocenters. The van der Waals surface area contributed by atoms with Gasteiger partial charge in [0, 0.05) is 11.5 Å². The van der Waals surface area contributed by atoms with Crippen LogP contribution in [-0.2, 0) is 0 Å². The molecule has 2 rings (SSSR count). The van der Waals surface area contributed by atoms with E-state index in [2.05, 4.69) is 9.97 Å². The largest absolute Gasteiger partial charge is 0.476 e. The third-order valence-corrected chi connectivity index (χ3v) is 2.00. The van der Waals surface area contributed by atoms with Crippen molar-refractivity contribution in [3.63, 3.8) is 0 Å². The van der Waals surface area contributed by atoms with E-state index in [1.165, 1.54) is 6.07 Å². The molecule has 76 valence electrons. The average Bonchev–Trinajstić information content (AvgIpc) is 2.15. The Labute approximate surface area is 88.3 Å². The molecule has 6 heteroatoms. The molecular formula is C9H4ClFN2O2. The molecule has 0 saturated heterocycles. The fourth-order valence-electron chi connectivity index (χ4n) is 1.24. The van der Waals surface area contributed by atoms with Crippen molar-refractivity contribution in [1.82, 2.24) is 9.97 Å². The predicted octanol–water partition coefficient (Wildman–Crippen LogP) is 2.12. The Morgan fingerprint density at radius 2 is 2.13 bits per heavy atom. The quantitative estimate of drug-likeness (QED) is 0.757. The van der Waals surface area contributed by atoms with Crippen LogP contribution < -0.4 is 0 Å². The van der Waals surface area contributed by atoms with Gasteiger partial charge >= 0.3 is 5.97 Å². The van der Waals surface area contributed by atoms with Crippen molar-refractivity contribution in [2.75, 3.05) is 0 Å². The number of aromatic nitrogens is 2. The summed E-state index contributed by atoms with van der Waals surface area (Å²) in [4.78, 5) is 18.1. The smallest absolute Gasteiger partial charge is 0.355 e. The van der Waals surface area contributed by atoms with Crippen LogP contribution in [0.2, 0.25) is 5.28 Å². The van der Waals surface area contributed by atoms with Gasteiger partial charge in [0.1, 0.15) is 5.82 Å². The standard InChI is InChI=1S/C9H4ClFN2O2/c10-9-12-6-3-4(11)1-2-5(6)7(13-9)8(14)15/h1-3H,(H,14,15). The topological polar surface area (TPSA) is 63.1 Å². The number of hydrogen-bond acceptors (Lipinski definition) is 3. The first-order chi connectivity index (χ1) is 7.08. The Bertz CT molecular complexity index is 554. The summed E-state index contributed by atoms with van der Waals surface area (Å²) in [6, 6.07) is 3.56. The highest BCUT2D eigenvalue weighted by molar-refractivity contribution is 6.29. The molecule has 1 heterocycles. The summed E-state index contributed by atoms with van der Waals surface area (Å²) in [5.74, 6) is -1.73. The Kier molecular flexibility index (Phi) is 2.24. The Morgan fingerprint density at radius 1 is 1.40 bits per heavy atom. The fraction of sp³-hybridized carbons (Fsp3) is 0. The van der Waals surface area contributed by atoms with E-state index in [4.69, 9.17) is 16.7 Å². The van der Waals surface area contributed by atoms with Crippen LogP contribution in [0.25, 0.3) is 10.9 Å². The van der Waals surface area contributed by atoms with Crippen LogP contribution in [0.15, 0.2) is 18.2 Å². The minimum Gasteiger partial charge on any atom is -0.476 e. The Hall–Kier alpha value is -1.75. The van der Waals surface area contributed by atoms with Crippen molar-refractivity contribution in [3.8, 4) is 0 Å². The molecule has 0 saturated carbocycles. The van der Waals surface area contributed by atoms with E-state index in [9.17, 15) is 9.18 Å². The highest BCUT2D eigenvalue weighted by atomic mass is 35.5. The second-order valence-corrected chi connectivity index (χ2v) is 3.15. The lowest BCUT2D eigenvalue weighted by Gasteiger charge is -2.01. The molecule has 0 amide bonds. The van der Waals surface area contributed by atoms with Crippen molar-refractivity contribution in [3.05, 3.63) is 35.0 Å². The maximum Gasteiger partial charge on any atom is 0.355 e. The molecule has 1 aromatic heterocycles. The number of aromatic carboxylic acids is 1. The summed E-state index contributed by atoms with van der Waals surface area (Å²) in [6.45, 7) is 0. The first-order valence-corrected chi connectivity index (χ1v) is 4.32. The monoisotopic (exact) mass is 226 g/mol. The number of carboxylic acids is 1. The third kappa shape index (κ3) is 1.73. The molecule has 0 atom stereocenters. The van der Waals surface area contributed by atoms with Gasteiger partial charge in [-0.25, -0.2) is 19.2 Å². The maximum atomic E-state index is 12.9. The Balaban J connectivity index is 2.86. The van der Waals surface area contributed by atoms with Gasteiger partial charge in [-0.2, -0.15) is 0 Å². The first kappa shape index (κ1) is 9.79. The molecule has 0 radical (unpaired) electrons. The average molecular weight is 227 g/mol. The van der Waals surface area contributed by atoms with Gasteiger partial charge in [-0.1, -0.05) is 0 Å². The first-order valence-electron chi connectivity index (χ1n) is 3.94. The number of rotatable bonds is 1. The molecule has 0 bridgehead atoms. The lowest BCUT2D eigenvalue weighted by atomic mass is 10.2. The number of carbonyl (C=O) groups is 1. The van der Waals surface area contributed by atoms with Gasteiger partial charge in [0.05, 0.1) is 5.52 Å². The van der Waals surface area contributed by atoms with E-state index in [1.807, 2.05) is 0 Å². The summed E-state index contributed by atoms with van der Waals surface area (Å²) < 4.78 is 12.9. The van der Waals surface area contributed by atoms with Crippen molar-refractivity contribution in [2.45, 2.75) is 0 Å². The lowest BCUT2D eigenvalue weighted by molar-refractivity contribution is 0.0692. The van der Waals surface area contributed by atoms with Gasteiger partial charge in [-0.15, -0.1) is 0 Å². The molecule has 1 N–H and O–H groups in total. The van der Waals surface area contributed by atoms with E-state index in [1.54, 1.807) is 0 Å². The normalized spacial score (nSPS) is 10.5. The number of nitrogens with zero attached hydrogens (tertiary/aromatic N) is 2. The summed E-state index contributed by atoms with van der Waals surface area (Å²) >= 11 is 5.51. The van der Waals surface area contributed by atoms with Gasteiger partial charge in [0.2, 0.25) is 5.28 Å². The van der Waals surface area contributed by atoms with E-state index in [0.717, 1.165) is 12.1 Å². The van der Waals surface area contributed by atoms with E-state index in [-0.39, 0.29) is 21.9 Å². The molecule has 0 aliphatic rings. The molecular weight excluding hydrogens is 223 g/mol. The summed E-state index contributed by atoms with van der Waals surface area (Å²) in [6.07, 6.45) is 0. The summed E-state index contributed by atoms with van der Waals surface area (Å²) in [5.41, 5.74) is -0.0580. The Morgan fingerprint density at radius 3 is 2.80 bits per heavy atom. The van der Waals surface area contributed by atoms with E-state index < -0.39 is 11.8 Å². The van der Waals surface area contributed by atoms with Crippen LogP contribution in [0.4, 0.5) is 4.39 Å². The predicted molar refractivity (Wildman–Crippen MR) is 51.5 cm³/mol. The van der Waals surface area contributed by atoms with Crippen LogP contribution in [0.5, 0.6) is 0 Å². The third-order valence-electron chi connectivity index (χ3n) is 1.83. The number of fused-ring (bicyclic) bond motifs is 1. The SMILES string of the molecule is O=C(O)c1nc(Cl)nc2cc(F)ccc12. The molecule has 2 aromatic rings. The molecule has 1 aromatic carbocycles. The van der Waals surface area contributed by atoms with Gasteiger partial charge in [0.25, 0.3) is 0 Å². The minimum atomic E-state index is -1.23. The molecule has 0 spiro atoms. The van der Waals surface area contributed by atoms with Gasteiger partial charge < -0.3 is 5.11 Å². The van der Waals surface area contributed by atoms with Crippen molar-refractivity contribution in [2.24, 2.45) is 0 Å². The number of halogens is 2. The lowest BCUT2D eigenvalue weighted by Crippen LogP contribution is -2.03. The highest BCUT2D eigenvalue weighted by Gasteiger charge is 2.13. The minimum absolute atomic E-state index is 0.174. The number of benzene rings is 1. The zero-order valence-electron chi connectivity index (χ0n) is 7.24. The van der Waals surface area contributed by atoms with Crippen LogP contribution in [0.3, 0.4) is 0 Å². The van der Waals surface area contributed by atoms with Crippen molar-refractivity contribution in [1.29, 1.82) is 0 Å². The number of carboxylic acid groups (broad SMARTS) is 1. The zero-order valence-corrected chi connectivity index (χ0v) is 7.99. The molecule has 4 nitrogen and oxygen atoms in total. The van der Waals surface area contributed by atoms with Gasteiger partial charge in [0.15, 0.2) is 5.69 Å². The van der Waals surface area contributed by atoms with Crippen LogP contribution >= 0.6 is 11.6 Å². The highest BCUT2D eigenvalue weighted by Crippen LogP contribution is 2.18. The second-order valence-electron chi connectivity index (χ2n) is 2.81. The summed E-state index contributed by atoms with van der Waals surface area (Å²) in [5, 5.41) is 8.87. The zero-order chi connectivity index (χ0) is 11.0. The molecule has 0 aliphatic carbocycles. The fourth-order valence-corrected chi connectivity index (χ4v) is 1.41. The van der Waals surface area contributed by atoms with Crippen LogP contribution in [-0.4, -0.2) is 21.0 Å². The maximum absolute atomic E-state index is 12.9. The van der Waals surface area contributed by atoms with E-state index in [0.29, 0.717) is 0 Å². The van der Waals surface area contributed by atoms with Gasteiger partial charge in [-0.3, -0.25) is 0 Å². The molecule has 15 heavy (non-hydrogen) atoms. The van der Waals surface area contributed by atoms with Crippen LogP contribution in [0.1, 0.15) is 10.5 Å². The molecule has 0 fully saturated rings. The molecule has 0 aliphatic heterocycles. The van der Waals surface area contributed by atoms with Crippen molar-refractivity contribution >= 4 is 28.5 Å². The van der Waals surface area contributed by atoms with Crippen molar-refractivity contribution < 1.29 is 14.3 Å². The second kappa shape index (κ2) is 3.43. The number of hydrogen-bond donors (Lipinski definition) is 1.